The van der Waals surface area contributed by atoms with Gasteiger partial charge in [-0.1, -0.05) is 35.5 Å². The number of alkyl halides is 2. The molecule has 0 amide bonds. The van der Waals surface area contributed by atoms with Crippen molar-refractivity contribution in [2.24, 2.45) is 0 Å². The molecule has 2 aromatic rings. The molecule has 0 spiro atoms. The second kappa shape index (κ2) is 5.60. The number of ether oxygens (including phenoxy) is 1. The van der Waals surface area contributed by atoms with Crippen LogP contribution in [-0.4, -0.2) is 18.2 Å². The summed E-state index contributed by atoms with van der Waals surface area (Å²) in [5, 5.41) is 3.63. The number of benzene rings is 1. The number of aromatic nitrogens is 1. The van der Waals surface area contributed by atoms with E-state index in [1.54, 1.807) is 30.3 Å². The van der Waals surface area contributed by atoms with Crippen LogP contribution in [0.1, 0.15) is 17.7 Å². The van der Waals surface area contributed by atoms with Crippen molar-refractivity contribution >= 4 is 5.97 Å². The Labute approximate surface area is 108 Å². The minimum Gasteiger partial charge on any atom is -0.469 e. The third kappa shape index (κ3) is 2.78. The fourth-order valence-corrected chi connectivity index (χ4v) is 1.69. The number of carbonyl (C=O) groups is 1. The highest BCUT2D eigenvalue weighted by atomic mass is 19.3. The molecular formula is C13H11F2NO3. The second-order valence-electron chi connectivity index (χ2n) is 3.79. The number of carbonyl (C=O) groups excluding carboxylic acids is 1. The summed E-state index contributed by atoms with van der Waals surface area (Å²) in [6.07, 6.45) is -3.14. The van der Waals surface area contributed by atoms with Crippen molar-refractivity contribution in [2.75, 3.05) is 7.11 Å². The summed E-state index contributed by atoms with van der Waals surface area (Å²) in [6, 6.07) is 8.47. The number of halogens is 2. The fourth-order valence-electron chi connectivity index (χ4n) is 1.69. The van der Waals surface area contributed by atoms with Crippen LogP contribution in [0.3, 0.4) is 0 Å². The molecular weight excluding hydrogens is 256 g/mol. The average Bonchev–Trinajstić information content (AvgIpc) is 2.83. The first-order valence-electron chi connectivity index (χ1n) is 5.52. The molecule has 0 unspecified atom stereocenters. The van der Waals surface area contributed by atoms with Crippen LogP contribution in [0, 0.1) is 0 Å². The molecule has 1 aromatic heterocycles. The molecule has 0 fully saturated rings. The molecule has 1 aromatic carbocycles. The smallest absolute Gasteiger partial charge is 0.313 e. The van der Waals surface area contributed by atoms with E-state index in [1.807, 2.05) is 0 Å². The van der Waals surface area contributed by atoms with Gasteiger partial charge in [-0.15, -0.1) is 0 Å². The van der Waals surface area contributed by atoms with Gasteiger partial charge in [0.25, 0.3) is 6.43 Å². The summed E-state index contributed by atoms with van der Waals surface area (Å²) < 4.78 is 35.5. The monoisotopic (exact) mass is 267 g/mol. The Morgan fingerprint density at radius 3 is 2.63 bits per heavy atom. The third-order valence-corrected chi connectivity index (χ3v) is 2.60. The van der Waals surface area contributed by atoms with Crippen LogP contribution in [0.4, 0.5) is 8.78 Å². The van der Waals surface area contributed by atoms with Crippen molar-refractivity contribution in [3.63, 3.8) is 0 Å². The first kappa shape index (κ1) is 13.2. The van der Waals surface area contributed by atoms with E-state index in [9.17, 15) is 13.6 Å². The molecule has 2 rings (SSSR count). The lowest BCUT2D eigenvalue weighted by molar-refractivity contribution is -0.140. The number of hydrogen-bond donors (Lipinski definition) is 0. The van der Waals surface area contributed by atoms with E-state index >= 15 is 0 Å². The van der Waals surface area contributed by atoms with Gasteiger partial charge in [0.15, 0.2) is 5.76 Å². The Morgan fingerprint density at radius 2 is 2.05 bits per heavy atom. The molecule has 0 aliphatic heterocycles. The largest absolute Gasteiger partial charge is 0.469 e. The van der Waals surface area contributed by atoms with Gasteiger partial charge in [-0.2, -0.15) is 0 Å². The highest BCUT2D eigenvalue weighted by Gasteiger charge is 2.26. The van der Waals surface area contributed by atoms with Crippen molar-refractivity contribution in [3.8, 4) is 11.3 Å². The first-order valence-corrected chi connectivity index (χ1v) is 5.52. The van der Waals surface area contributed by atoms with Crippen molar-refractivity contribution in [2.45, 2.75) is 12.8 Å². The molecule has 0 radical (unpaired) electrons. The number of rotatable bonds is 4. The lowest BCUT2D eigenvalue weighted by atomic mass is 10.1. The van der Waals surface area contributed by atoms with E-state index in [0.29, 0.717) is 5.56 Å². The fraction of sp³-hybridized carbons (Fsp3) is 0.231. The quantitative estimate of drug-likeness (QED) is 0.799. The Bertz CT molecular complexity index is 567. The molecule has 4 nitrogen and oxygen atoms in total. The number of esters is 1. The topological polar surface area (TPSA) is 52.3 Å². The van der Waals surface area contributed by atoms with E-state index in [2.05, 4.69) is 9.89 Å². The standard InChI is InChI=1S/C13H11F2NO3/c1-18-10(17)7-9-11(13(14)15)12(16-19-9)8-5-3-2-4-6-8/h2-6,13H,7H2,1H3. The average molecular weight is 267 g/mol. The van der Waals surface area contributed by atoms with Gasteiger partial charge in [0.1, 0.15) is 12.1 Å². The molecule has 19 heavy (non-hydrogen) atoms. The zero-order valence-corrected chi connectivity index (χ0v) is 10.1. The third-order valence-electron chi connectivity index (χ3n) is 2.60. The van der Waals surface area contributed by atoms with Gasteiger partial charge < -0.3 is 9.26 Å². The van der Waals surface area contributed by atoms with Crippen molar-refractivity contribution in [1.29, 1.82) is 0 Å². The molecule has 1 heterocycles. The lowest BCUT2D eigenvalue weighted by Crippen LogP contribution is -2.05. The van der Waals surface area contributed by atoms with E-state index < -0.39 is 12.4 Å². The molecule has 0 N–H and O–H groups in total. The van der Waals surface area contributed by atoms with E-state index in [0.717, 1.165) is 0 Å². The summed E-state index contributed by atoms with van der Waals surface area (Å²) in [5.41, 5.74) is 0.198. The van der Waals surface area contributed by atoms with Crippen LogP contribution in [0.2, 0.25) is 0 Å². The Hall–Kier alpha value is -2.24. The van der Waals surface area contributed by atoms with Crippen LogP contribution in [0.15, 0.2) is 34.9 Å². The summed E-state index contributed by atoms with van der Waals surface area (Å²) in [7, 11) is 1.18. The summed E-state index contributed by atoms with van der Waals surface area (Å²) in [5.74, 6) is -0.821. The minimum absolute atomic E-state index is 0.0505. The SMILES string of the molecule is COC(=O)Cc1onc(-c2ccccc2)c1C(F)F. The normalized spacial score (nSPS) is 10.7. The minimum atomic E-state index is -2.78. The highest BCUT2D eigenvalue weighted by molar-refractivity contribution is 5.73. The van der Waals surface area contributed by atoms with Gasteiger partial charge in [-0.3, -0.25) is 4.79 Å². The Morgan fingerprint density at radius 1 is 1.37 bits per heavy atom. The van der Waals surface area contributed by atoms with E-state index in [-0.39, 0.29) is 23.4 Å². The van der Waals surface area contributed by atoms with Crippen molar-refractivity contribution in [3.05, 3.63) is 41.7 Å². The van der Waals surface area contributed by atoms with Gasteiger partial charge in [0.05, 0.1) is 12.7 Å². The van der Waals surface area contributed by atoms with Crippen molar-refractivity contribution < 1.29 is 22.8 Å². The molecule has 100 valence electrons. The first-order chi connectivity index (χ1) is 9.13. The van der Waals surface area contributed by atoms with Gasteiger partial charge >= 0.3 is 5.97 Å². The number of nitrogens with zero attached hydrogens (tertiary/aromatic N) is 1. The maximum Gasteiger partial charge on any atom is 0.313 e. The predicted octanol–water partition coefficient (Wildman–Crippen LogP) is 2.99. The van der Waals surface area contributed by atoms with Crippen LogP contribution >= 0.6 is 0 Å². The van der Waals surface area contributed by atoms with E-state index in [4.69, 9.17) is 4.52 Å². The zero-order chi connectivity index (χ0) is 13.8. The van der Waals surface area contributed by atoms with Gasteiger partial charge in [0.2, 0.25) is 0 Å². The lowest BCUT2D eigenvalue weighted by Gasteiger charge is -2.02. The van der Waals surface area contributed by atoms with Crippen LogP contribution in [0.25, 0.3) is 11.3 Å². The Balaban J connectivity index is 2.43. The molecule has 0 aliphatic carbocycles. The van der Waals surface area contributed by atoms with Gasteiger partial charge in [-0.25, -0.2) is 8.78 Å². The van der Waals surface area contributed by atoms with Gasteiger partial charge in [-0.05, 0) is 0 Å². The van der Waals surface area contributed by atoms with Crippen LogP contribution in [-0.2, 0) is 16.0 Å². The van der Waals surface area contributed by atoms with Crippen molar-refractivity contribution in [1.82, 2.24) is 5.16 Å². The second-order valence-corrected chi connectivity index (χ2v) is 3.79. The molecule has 0 bridgehead atoms. The number of methoxy groups -OCH3 is 1. The zero-order valence-electron chi connectivity index (χ0n) is 10.1. The Kier molecular flexibility index (Phi) is 3.89. The molecule has 0 atom stereocenters. The highest BCUT2D eigenvalue weighted by Crippen LogP contribution is 2.33. The summed E-state index contributed by atoms with van der Waals surface area (Å²) >= 11 is 0. The van der Waals surface area contributed by atoms with Gasteiger partial charge in [0, 0.05) is 5.56 Å². The van der Waals surface area contributed by atoms with Crippen LogP contribution in [0.5, 0.6) is 0 Å². The maximum absolute atomic E-state index is 13.1. The molecule has 0 saturated carbocycles. The summed E-state index contributed by atoms with van der Waals surface area (Å²) in [4.78, 5) is 11.1. The summed E-state index contributed by atoms with van der Waals surface area (Å²) in [6.45, 7) is 0. The molecule has 6 heteroatoms. The maximum atomic E-state index is 13.1. The predicted molar refractivity (Wildman–Crippen MR) is 62.6 cm³/mol. The number of hydrogen-bond acceptors (Lipinski definition) is 4. The van der Waals surface area contributed by atoms with E-state index in [1.165, 1.54) is 7.11 Å². The molecule has 0 saturated heterocycles. The van der Waals surface area contributed by atoms with Crippen LogP contribution < -0.4 is 0 Å². The molecule has 0 aliphatic rings.